The average molecular weight is 280 g/mol. The first kappa shape index (κ1) is 16.2. The summed E-state index contributed by atoms with van der Waals surface area (Å²) >= 11 is 0. The Bertz CT molecular complexity index is 266. The highest BCUT2D eigenvalue weighted by Crippen LogP contribution is 2.35. The van der Waals surface area contributed by atoms with Gasteiger partial charge in [0.1, 0.15) is 0 Å². The van der Waals surface area contributed by atoms with Crippen LogP contribution in [0.3, 0.4) is 0 Å². The molecule has 4 heteroatoms. The molecular weight excluding hydrogens is 256 g/mol. The smallest absolute Gasteiger partial charge is 0.242 e. The van der Waals surface area contributed by atoms with Crippen molar-refractivity contribution in [2.75, 3.05) is 0 Å². The lowest BCUT2D eigenvalue weighted by Crippen LogP contribution is -2.33. The molecule has 0 aromatic rings. The van der Waals surface area contributed by atoms with Crippen molar-refractivity contribution in [1.29, 1.82) is 0 Å². The molecule has 0 spiro atoms. The van der Waals surface area contributed by atoms with Crippen LogP contribution in [0, 0.1) is 11.8 Å². The van der Waals surface area contributed by atoms with Crippen LogP contribution in [0.5, 0.6) is 0 Å². The third kappa shape index (κ3) is 4.68. The second-order valence-electron chi connectivity index (χ2n) is 4.62. The highest BCUT2D eigenvalue weighted by Gasteiger charge is 2.33. The monoisotopic (exact) mass is 280 g/mol. The SMILES string of the molecule is C=COC(OC=C)C1CCC(C(OC=C)OC=C)CC1. The largest absolute Gasteiger partial charge is 0.463 e. The van der Waals surface area contributed by atoms with Crippen LogP contribution < -0.4 is 0 Å². The standard InChI is InChI=1S/C16H24O4/c1-5-17-15(18-6-2)13-9-11-14(12-10-13)16(19-7-3)20-8-4/h5-8,13-16H,1-4,9-12H2. The maximum atomic E-state index is 5.39. The zero-order chi connectivity index (χ0) is 14.8. The van der Waals surface area contributed by atoms with Crippen molar-refractivity contribution in [3.63, 3.8) is 0 Å². The summed E-state index contributed by atoms with van der Waals surface area (Å²) in [7, 11) is 0. The number of rotatable bonds is 10. The highest BCUT2D eigenvalue weighted by molar-refractivity contribution is 4.80. The molecule has 1 aliphatic carbocycles. The molecule has 0 saturated heterocycles. The Labute approximate surface area is 121 Å². The molecule has 0 atom stereocenters. The molecule has 1 saturated carbocycles. The van der Waals surface area contributed by atoms with Gasteiger partial charge in [-0.05, 0) is 25.7 Å². The molecule has 0 N–H and O–H groups in total. The molecular formula is C16H24O4. The molecule has 1 rings (SSSR count). The highest BCUT2D eigenvalue weighted by atomic mass is 16.7. The second-order valence-corrected chi connectivity index (χ2v) is 4.62. The van der Waals surface area contributed by atoms with Crippen LogP contribution in [0.4, 0.5) is 0 Å². The van der Waals surface area contributed by atoms with Crippen molar-refractivity contribution >= 4 is 0 Å². The van der Waals surface area contributed by atoms with Gasteiger partial charge in [-0.25, -0.2) is 0 Å². The zero-order valence-electron chi connectivity index (χ0n) is 11.9. The van der Waals surface area contributed by atoms with E-state index in [-0.39, 0.29) is 12.6 Å². The third-order valence-corrected chi connectivity index (χ3v) is 3.51. The van der Waals surface area contributed by atoms with Crippen LogP contribution in [0.15, 0.2) is 51.4 Å². The topological polar surface area (TPSA) is 36.9 Å². The molecule has 0 unspecified atom stereocenters. The first-order valence-electron chi connectivity index (χ1n) is 6.82. The fourth-order valence-electron chi connectivity index (χ4n) is 2.58. The van der Waals surface area contributed by atoms with Gasteiger partial charge in [-0.15, -0.1) is 0 Å². The molecule has 0 aromatic heterocycles. The summed E-state index contributed by atoms with van der Waals surface area (Å²) in [5.41, 5.74) is 0. The van der Waals surface area contributed by atoms with Gasteiger partial charge in [-0.1, -0.05) is 26.3 Å². The van der Waals surface area contributed by atoms with E-state index in [4.69, 9.17) is 18.9 Å². The Kier molecular flexibility index (Phi) is 7.40. The van der Waals surface area contributed by atoms with Gasteiger partial charge in [-0.3, -0.25) is 0 Å². The molecule has 1 aliphatic rings. The normalized spacial score (nSPS) is 21.9. The van der Waals surface area contributed by atoms with Crippen LogP contribution in [-0.2, 0) is 18.9 Å². The molecule has 0 heterocycles. The summed E-state index contributed by atoms with van der Waals surface area (Å²) in [6.07, 6.45) is 8.87. The van der Waals surface area contributed by atoms with Gasteiger partial charge in [-0.2, -0.15) is 0 Å². The lowest BCUT2D eigenvalue weighted by atomic mass is 9.81. The molecule has 20 heavy (non-hydrogen) atoms. The summed E-state index contributed by atoms with van der Waals surface area (Å²) in [4.78, 5) is 0. The fourth-order valence-corrected chi connectivity index (χ4v) is 2.58. The summed E-state index contributed by atoms with van der Waals surface area (Å²) in [6.45, 7) is 14.3. The van der Waals surface area contributed by atoms with E-state index in [2.05, 4.69) is 26.3 Å². The zero-order valence-corrected chi connectivity index (χ0v) is 11.9. The van der Waals surface area contributed by atoms with Crippen molar-refractivity contribution in [2.45, 2.75) is 38.3 Å². The van der Waals surface area contributed by atoms with Crippen LogP contribution in [0.25, 0.3) is 0 Å². The number of hydrogen-bond acceptors (Lipinski definition) is 4. The Morgan fingerprint density at radius 3 is 1.05 bits per heavy atom. The maximum absolute atomic E-state index is 5.39. The Morgan fingerprint density at radius 1 is 0.600 bits per heavy atom. The predicted molar refractivity (Wildman–Crippen MR) is 78.2 cm³/mol. The lowest BCUT2D eigenvalue weighted by molar-refractivity contribution is -0.137. The minimum absolute atomic E-state index is 0.315. The summed E-state index contributed by atoms with van der Waals surface area (Å²) < 4.78 is 21.6. The van der Waals surface area contributed by atoms with E-state index in [1.165, 1.54) is 25.0 Å². The van der Waals surface area contributed by atoms with E-state index < -0.39 is 0 Å². The van der Waals surface area contributed by atoms with Crippen LogP contribution in [0.2, 0.25) is 0 Å². The van der Waals surface area contributed by atoms with E-state index in [9.17, 15) is 0 Å². The van der Waals surface area contributed by atoms with E-state index in [0.717, 1.165) is 25.7 Å². The molecule has 0 radical (unpaired) electrons. The maximum Gasteiger partial charge on any atom is 0.242 e. The first-order chi connectivity index (χ1) is 9.76. The van der Waals surface area contributed by atoms with E-state index in [0.29, 0.717) is 11.8 Å². The number of hydrogen-bond donors (Lipinski definition) is 0. The number of ether oxygens (including phenoxy) is 4. The van der Waals surface area contributed by atoms with Crippen molar-refractivity contribution in [3.8, 4) is 0 Å². The summed E-state index contributed by atoms with van der Waals surface area (Å²) in [6, 6.07) is 0. The summed E-state index contributed by atoms with van der Waals surface area (Å²) in [5.74, 6) is 0.630. The van der Waals surface area contributed by atoms with E-state index >= 15 is 0 Å². The average Bonchev–Trinajstić information content (AvgIpc) is 2.47. The minimum atomic E-state index is -0.315. The predicted octanol–water partition coefficient (Wildman–Crippen LogP) is 4.09. The van der Waals surface area contributed by atoms with Gasteiger partial charge in [0.2, 0.25) is 12.6 Å². The lowest BCUT2D eigenvalue weighted by Gasteiger charge is -2.34. The summed E-state index contributed by atoms with van der Waals surface area (Å²) in [5, 5.41) is 0. The second kappa shape index (κ2) is 9.13. The first-order valence-corrected chi connectivity index (χ1v) is 6.82. The fraction of sp³-hybridized carbons (Fsp3) is 0.500. The van der Waals surface area contributed by atoms with Gasteiger partial charge >= 0.3 is 0 Å². The molecule has 0 aromatic carbocycles. The molecule has 0 aliphatic heterocycles. The molecule has 4 nitrogen and oxygen atoms in total. The van der Waals surface area contributed by atoms with Crippen LogP contribution >= 0.6 is 0 Å². The molecule has 0 bridgehead atoms. The van der Waals surface area contributed by atoms with Crippen molar-refractivity contribution in [1.82, 2.24) is 0 Å². The Hall–Kier alpha value is -1.84. The van der Waals surface area contributed by atoms with Gasteiger partial charge < -0.3 is 18.9 Å². The van der Waals surface area contributed by atoms with Crippen molar-refractivity contribution in [2.24, 2.45) is 11.8 Å². The van der Waals surface area contributed by atoms with Crippen LogP contribution in [-0.4, -0.2) is 12.6 Å². The van der Waals surface area contributed by atoms with Crippen LogP contribution in [0.1, 0.15) is 25.7 Å². The van der Waals surface area contributed by atoms with Gasteiger partial charge in [0, 0.05) is 11.8 Å². The third-order valence-electron chi connectivity index (χ3n) is 3.51. The Morgan fingerprint density at radius 2 is 0.850 bits per heavy atom. The van der Waals surface area contributed by atoms with E-state index in [1.807, 2.05) is 0 Å². The van der Waals surface area contributed by atoms with Gasteiger partial charge in [0.15, 0.2) is 0 Å². The molecule has 1 fully saturated rings. The van der Waals surface area contributed by atoms with Crippen molar-refractivity contribution in [3.05, 3.63) is 51.4 Å². The quantitative estimate of drug-likeness (QED) is 0.446. The van der Waals surface area contributed by atoms with Gasteiger partial charge in [0.05, 0.1) is 25.0 Å². The van der Waals surface area contributed by atoms with Gasteiger partial charge in [0.25, 0.3) is 0 Å². The molecule has 112 valence electrons. The Balaban J connectivity index is 2.51. The minimum Gasteiger partial charge on any atom is -0.463 e. The van der Waals surface area contributed by atoms with Crippen molar-refractivity contribution < 1.29 is 18.9 Å². The van der Waals surface area contributed by atoms with E-state index in [1.54, 1.807) is 0 Å². The molecule has 0 amide bonds.